The summed E-state index contributed by atoms with van der Waals surface area (Å²) in [5.74, 6) is -1.08. The molecule has 0 aliphatic heterocycles. The monoisotopic (exact) mass is 901 g/mol. The Balaban J connectivity index is 0.000000248. The summed E-state index contributed by atoms with van der Waals surface area (Å²) in [6.07, 6.45) is 0. The predicted molar refractivity (Wildman–Crippen MR) is 207 cm³/mol. The fourth-order valence-corrected chi connectivity index (χ4v) is 6.64. The molecule has 0 saturated heterocycles. The minimum Gasteiger partial charge on any atom is -0.506 e. The van der Waals surface area contributed by atoms with Gasteiger partial charge in [-0.15, -0.1) is 20.5 Å². The van der Waals surface area contributed by atoms with Gasteiger partial charge in [0.25, 0.3) is 0 Å². The summed E-state index contributed by atoms with van der Waals surface area (Å²) in [4.78, 5) is -0.172. The normalized spacial score (nSPS) is 11.8. The Morgan fingerprint density at radius 2 is 0.947 bits per heavy atom. The molecule has 0 saturated carbocycles. The number of aryl methyl sites for hydroxylation is 2. The average molecular weight is 903 g/mol. The first kappa shape index (κ1) is 44.3. The molecule has 301 valence electrons. The maximum absolute atomic E-state index is 11.9. The van der Waals surface area contributed by atoms with Crippen molar-refractivity contribution in [2.75, 3.05) is 14.1 Å². The largest absolute Gasteiger partial charge is 0.506 e. The Bertz CT molecular complexity index is 2540. The molecule has 2 heterocycles. The Morgan fingerprint density at radius 3 is 1.28 bits per heavy atom. The van der Waals surface area contributed by atoms with Crippen molar-refractivity contribution < 1.29 is 54.0 Å². The molecule has 0 bridgehead atoms. The molecule has 0 amide bonds. The molecule has 57 heavy (non-hydrogen) atoms. The Labute approximate surface area is 346 Å². The van der Waals surface area contributed by atoms with Crippen LogP contribution in [-0.2, 0) is 36.8 Å². The van der Waals surface area contributed by atoms with Gasteiger partial charge in [-0.2, -0.15) is 19.6 Å². The van der Waals surface area contributed by atoms with Gasteiger partial charge in [-0.25, -0.2) is 26.3 Å². The topological polar surface area (TPSA) is 258 Å². The third kappa shape index (κ3) is 10.1. The minimum absolute atomic E-state index is 0. The second kappa shape index (κ2) is 18.2. The van der Waals surface area contributed by atoms with E-state index in [1.165, 1.54) is 59.9 Å². The number of sulfonamides is 2. The molecule has 4 aromatic carbocycles. The first-order chi connectivity index (χ1) is 26.4. The van der Waals surface area contributed by atoms with Crippen LogP contribution in [0.4, 0.5) is 22.7 Å². The number of hydrogen-bond acceptors (Lipinski definition) is 14. The number of rotatable bonds is 10. The van der Waals surface area contributed by atoms with Gasteiger partial charge in [0.15, 0.2) is 11.4 Å². The van der Waals surface area contributed by atoms with Crippen LogP contribution >= 0.6 is 23.2 Å². The van der Waals surface area contributed by atoms with Crippen molar-refractivity contribution in [1.29, 1.82) is 0 Å². The van der Waals surface area contributed by atoms with Gasteiger partial charge < -0.3 is 20.4 Å². The van der Waals surface area contributed by atoms with Gasteiger partial charge in [0.1, 0.15) is 22.9 Å². The van der Waals surface area contributed by atoms with Crippen molar-refractivity contribution in [2.24, 2.45) is 20.5 Å². The van der Waals surface area contributed by atoms with Crippen molar-refractivity contribution in [3.8, 4) is 34.6 Å². The van der Waals surface area contributed by atoms with Crippen LogP contribution in [0.3, 0.4) is 0 Å². The first-order valence-corrected chi connectivity index (χ1v) is 19.6. The molecular weight excluding hydrogens is 870 g/mol. The second-order valence-corrected chi connectivity index (χ2v) is 16.1. The molecule has 0 aliphatic carbocycles. The molecule has 1 radical (unpaired) electrons. The molecule has 0 atom stereocenters. The molecular formula is C34H32Cl2CoN10O8S2. The average Bonchev–Trinajstić information content (AvgIpc) is 3.62. The third-order valence-electron chi connectivity index (χ3n) is 7.68. The van der Waals surface area contributed by atoms with E-state index in [1.54, 1.807) is 62.4 Å². The van der Waals surface area contributed by atoms with Crippen LogP contribution in [0.5, 0.6) is 23.3 Å². The van der Waals surface area contributed by atoms with Gasteiger partial charge in [0.2, 0.25) is 31.8 Å². The number of aromatic hydroxyl groups is 4. The molecule has 0 unspecified atom stereocenters. The van der Waals surface area contributed by atoms with Crippen LogP contribution in [0.2, 0.25) is 10.0 Å². The zero-order valence-electron chi connectivity index (χ0n) is 30.0. The van der Waals surface area contributed by atoms with Crippen LogP contribution in [-0.4, -0.2) is 70.9 Å². The predicted octanol–water partition coefficient (Wildman–Crippen LogP) is 7.14. The number of benzene rings is 4. The maximum Gasteiger partial charge on any atom is 0.243 e. The van der Waals surface area contributed by atoms with Crippen molar-refractivity contribution in [1.82, 2.24) is 29.0 Å². The van der Waals surface area contributed by atoms with E-state index in [2.05, 4.69) is 40.1 Å². The van der Waals surface area contributed by atoms with Crippen molar-refractivity contribution >= 4 is 66.0 Å². The van der Waals surface area contributed by atoms with Crippen LogP contribution in [0.25, 0.3) is 11.4 Å². The molecule has 2 aromatic heterocycles. The van der Waals surface area contributed by atoms with E-state index in [9.17, 15) is 37.3 Å². The second-order valence-electron chi connectivity index (χ2n) is 11.4. The summed E-state index contributed by atoms with van der Waals surface area (Å²) in [6, 6.07) is 20.6. The molecule has 0 spiro atoms. The van der Waals surface area contributed by atoms with Gasteiger partial charge in [-0.05, 0) is 101 Å². The standard InChI is InChI=1S/2C17H16ClN5O4S.Co/c2*1-10-16(17(25)23(22-10)12-5-3-4-11(18)8-12)21-20-14-9-13(6-7-15(14)24)28(26,27)19-2;/h2*3-9,19,24-25H,1-2H3;. The number of phenolic OH excluding ortho intramolecular Hbond substituents is 2. The van der Waals surface area contributed by atoms with Crippen LogP contribution < -0.4 is 9.44 Å². The summed E-state index contributed by atoms with van der Waals surface area (Å²) in [6.45, 7) is 3.24. The number of nitrogens with one attached hydrogen (secondary N) is 2. The van der Waals surface area contributed by atoms with E-state index < -0.39 is 20.0 Å². The third-order valence-corrected chi connectivity index (χ3v) is 11.0. The molecule has 6 rings (SSSR count). The van der Waals surface area contributed by atoms with E-state index in [4.69, 9.17) is 23.2 Å². The summed E-state index contributed by atoms with van der Waals surface area (Å²) >= 11 is 11.9. The number of nitrogens with zero attached hydrogens (tertiary/aromatic N) is 8. The first-order valence-electron chi connectivity index (χ1n) is 15.9. The summed E-state index contributed by atoms with van der Waals surface area (Å²) in [7, 11) is -4.88. The molecule has 6 aromatic rings. The van der Waals surface area contributed by atoms with Crippen LogP contribution in [0, 0.1) is 13.8 Å². The number of azo groups is 2. The molecule has 0 aliphatic rings. The van der Waals surface area contributed by atoms with Crippen LogP contribution in [0.1, 0.15) is 11.4 Å². The molecule has 0 fully saturated rings. The van der Waals surface area contributed by atoms with Gasteiger partial charge in [0.05, 0.1) is 32.6 Å². The van der Waals surface area contributed by atoms with E-state index in [-0.39, 0.29) is 72.6 Å². The van der Waals surface area contributed by atoms with E-state index in [0.29, 0.717) is 32.8 Å². The zero-order chi connectivity index (χ0) is 40.9. The molecule has 18 nitrogen and oxygen atoms in total. The van der Waals surface area contributed by atoms with Gasteiger partial charge in [0, 0.05) is 26.8 Å². The fourth-order valence-electron chi connectivity index (χ4n) is 4.77. The van der Waals surface area contributed by atoms with Gasteiger partial charge in [-0.3, -0.25) is 0 Å². The summed E-state index contributed by atoms with van der Waals surface area (Å²) < 4.78 is 54.5. The summed E-state index contributed by atoms with van der Waals surface area (Å²) in [5, 5.41) is 65.8. The van der Waals surface area contributed by atoms with Crippen molar-refractivity contribution in [3.63, 3.8) is 0 Å². The maximum atomic E-state index is 11.9. The smallest absolute Gasteiger partial charge is 0.243 e. The van der Waals surface area contributed by atoms with Crippen molar-refractivity contribution in [3.05, 3.63) is 106 Å². The van der Waals surface area contributed by atoms with Crippen molar-refractivity contribution in [2.45, 2.75) is 23.6 Å². The van der Waals surface area contributed by atoms with E-state index in [1.807, 2.05) is 0 Å². The fraction of sp³-hybridized carbons (Fsp3) is 0.118. The Kier molecular flexibility index (Phi) is 14.2. The Morgan fingerprint density at radius 1 is 0.579 bits per heavy atom. The molecule has 6 N–H and O–H groups in total. The van der Waals surface area contributed by atoms with Gasteiger partial charge in [-0.1, -0.05) is 35.3 Å². The zero-order valence-corrected chi connectivity index (χ0v) is 34.2. The number of halogens is 2. The SMILES string of the molecule is CNS(=O)(=O)c1ccc(O)c(N=Nc2c(C)nn(-c3cccc(Cl)c3)c2O)c1.CNS(=O)(=O)c1ccc(O)c(N=Nc2c(C)nn(-c3cccc(Cl)c3)c2O)c1.[Co]. The quantitative estimate of drug-likeness (QED) is 0.0758. The number of hydrogen-bond donors (Lipinski definition) is 6. The minimum atomic E-state index is -3.71. The number of aromatic nitrogens is 4. The van der Waals surface area contributed by atoms with Crippen LogP contribution in [0.15, 0.2) is 115 Å². The van der Waals surface area contributed by atoms with E-state index in [0.717, 1.165) is 0 Å². The number of phenols is 2. The van der Waals surface area contributed by atoms with E-state index >= 15 is 0 Å². The Hall–Kier alpha value is -5.39. The molecule has 23 heteroatoms. The van der Waals surface area contributed by atoms with Gasteiger partial charge >= 0.3 is 0 Å². The summed E-state index contributed by atoms with van der Waals surface area (Å²) in [5.41, 5.74) is 1.79.